The van der Waals surface area contributed by atoms with Gasteiger partial charge in [0.1, 0.15) is 0 Å². The molecule has 0 unspecified atom stereocenters. The zero-order chi connectivity index (χ0) is 28.8. The third-order valence-electron chi connectivity index (χ3n) is 7.38. The fraction of sp³-hybridized carbons (Fsp3) is 0.906. The van der Waals surface area contributed by atoms with Gasteiger partial charge in [-0.05, 0) is 25.7 Å². The number of nitrogens with zero attached hydrogens (tertiary/aromatic N) is 1. The summed E-state index contributed by atoms with van der Waals surface area (Å²) >= 11 is 0. The molecule has 0 radical (unpaired) electrons. The van der Waals surface area contributed by atoms with Crippen LogP contribution in [0.2, 0.25) is 0 Å². The first-order chi connectivity index (χ1) is 19.0. The van der Waals surface area contributed by atoms with Gasteiger partial charge in [0.15, 0.2) is 5.96 Å². The number of ether oxygens (including phenoxy) is 1. The highest BCUT2D eigenvalue weighted by Crippen LogP contribution is 2.15. The molecule has 1 amide bonds. The monoisotopic (exact) mass is 588 g/mol. The second-order valence-electron chi connectivity index (χ2n) is 11.2. The maximum absolute atomic E-state index is 12.8. The lowest BCUT2D eigenvalue weighted by atomic mass is 9.98. The maximum atomic E-state index is 12.8. The van der Waals surface area contributed by atoms with E-state index in [-0.39, 0.29) is 36.7 Å². The van der Waals surface area contributed by atoms with E-state index in [4.69, 9.17) is 16.2 Å². The largest absolute Gasteiger partial charge is 0.466 e. The third-order valence-corrected chi connectivity index (χ3v) is 7.38. The molecule has 0 heterocycles. The van der Waals surface area contributed by atoms with E-state index in [0.29, 0.717) is 32.5 Å². The molecule has 7 nitrogen and oxygen atoms in total. The minimum absolute atomic E-state index is 0. The van der Waals surface area contributed by atoms with Crippen LogP contribution < -0.4 is 16.8 Å². The Morgan fingerprint density at radius 1 is 0.675 bits per heavy atom. The lowest BCUT2D eigenvalue weighted by Gasteiger charge is -2.16. The summed E-state index contributed by atoms with van der Waals surface area (Å²) in [7, 11) is 0. The molecule has 0 bridgehead atoms. The third kappa shape index (κ3) is 29.5. The van der Waals surface area contributed by atoms with Gasteiger partial charge in [-0.2, -0.15) is 0 Å². The summed E-state index contributed by atoms with van der Waals surface area (Å²) in [6.07, 6.45) is 26.4. The minimum Gasteiger partial charge on any atom is -0.466 e. The van der Waals surface area contributed by atoms with E-state index in [9.17, 15) is 9.59 Å². The van der Waals surface area contributed by atoms with Crippen LogP contribution in [0.3, 0.4) is 0 Å². The molecule has 0 aromatic carbocycles. The van der Waals surface area contributed by atoms with Crippen molar-refractivity contribution in [1.29, 1.82) is 0 Å². The molecule has 0 aromatic heterocycles. The van der Waals surface area contributed by atoms with Gasteiger partial charge >= 0.3 is 5.97 Å². The molecule has 0 aliphatic heterocycles. The molecule has 40 heavy (non-hydrogen) atoms. The summed E-state index contributed by atoms with van der Waals surface area (Å²) in [4.78, 5) is 29.3. The zero-order valence-corrected chi connectivity index (χ0v) is 27.0. The molecule has 0 fully saturated rings. The lowest BCUT2D eigenvalue weighted by molar-refractivity contribution is -0.147. The number of carbonyl (C=O) groups is 2. The van der Waals surface area contributed by atoms with E-state index in [0.717, 1.165) is 25.7 Å². The van der Waals surface area contributed by atoms with Gasteiger partial charge in [-0.15, -0.1) is 12.4 Å². The quantitative estimate of drug-likeness (QED) is 0.0354. The Labute approximate surface area is 253 Å². The number of amides is 1. The molecule has 238 valence electrons. The second-order valence-corrected chi connectivity index (χ2v) is 11.2. The van der Waals surface area contributed by atoms with Gasteiger partial charge in [0.25, 0.3) is 0 Å². The van der Waals surface area contributed by atoms with E-state index < -0.39 is 5.92 Å². The molecular weight excluding hydrogens is 524 g/mol. The highest BCUT2D eigenvalue weighted by molar-refractivity contribution is 5.85. The van der Waals surface area contributed by atoms with E-state index in [1.54, 1.807) is 0 Å². The first-order valence-corrected chi connectivity index (χ1v) is 16.5. The molecule has 0 aliphatic rings. The van der Waals surface area contributed by atoms with E-state index in [2.05, 4.69) is 24.2 Å². The normalized spacial score (nSPS) is 11.4. The second kappa shape index (κ2) is 32.0. The summed E-state index contributed by atoms with van der Waals surface area (Å²) < 4.78 is 5.46. The maximum Gasteiger partial charge on any atom is 0.306 e. The number of esters is 1. The molecule has 0 aliphatic carbocycles. The summed E-state index contributed by atoms with van der Waals surface area (Å²) in [5, 5.41) is 3.04. The van der Waals surface area contributed by atoms with Crippen LogP contribution in [0.4, 0.5) is 0 Å². The number of nitrogens with two attached hydrogens (primary N) is 2. The topological polar surface area (TPSA) is 120 Å². The smallest absolute Gasteiger partial charge is 0.306 e. The number of hydrogen-bond donors (Lipinski definition) is 3. The Morgan fingerprint density at radius 2 is 1.12 bits per heavy atom. The van der Waals surface area contributed by atoms with Gasteiger partial charge in [0.2, 0.25) is 5.91 Å². The van der Waals surface area contributed by atoms with Crippen molar-refractivity contribution >= 4 is 30.2 Å². The number of guanidine groups is 1. The Balaban J connectivity index is 0. The van der Waals surface area contributed by atoms with Crippen LogP contribution in [0.1, 0.15) is 162 Å². The first-order valence-electron chi connectivity index (χ1n) is 16.5. The van der Waals surface area contributed by atoms with Crippen molar-refractivity contribution in [2.75, 3.05) is 19.7 Å². The SMILES string of the molecule is CCCCCCCCCCCCNC(=O)[C@H](CCCN=C(N)N)CC(=O)OCCCCCCCCCCCC.Cl. The van der Waals surface area contributed by atoms with Gasteiger partial charge in [-0.1, -0.05) is 129 Å². The molecule has 0 saturated carbocycles. The fourth-order valence-electron chi connectivity index (χ4n) is 4.88. The van der Waals surface area contributed by atoms with Gasteiger partial charge in [0, 0.05) is 19.0 Å². The summed E-state index contributed by atoms with van der Waals surface area (Å²) in [5.74, 6) is -0.700. The average Bonchev–Trinajstić information content (AvgIpc) is 2.91. The predicted octanol–water partition coefficient (Wildman–Crippen LogP) is 7.97. The van der Waals surface area contributed by atoms with Crippen molar-refractivity contribution in [1.82, 2.24) is 5.32 Å². The first kappa shape index (κ1) is 40.6. The number of aliphatic imine (C=N–C) groups is 1. The van der Waals surface area contributed by atoms with Crippen LogP contribution in [-0.4, -0.2) is 37.5 Å². The zero-order valence-electron chi connectivity index (χ0n) is 26.2. The van der Waals surface area contributed by atoms with Crippen molar-refractivity contribution in [3.63, 3.8) is 0 Å². The van der Waals surface area contributed by atoms with Crippen molar-refractivity contribution in [2.45, 2.75) is 162 Å². The Hall–Kier alpha value is -1.50. The van der Waals surface area contributed by atoms with E-state index in [1.807, 2.05) is 0 Å². The van der Waals surface area contributed by atoms with Crippen LogP contribution in [-0.2, 0) is 14.3 Å². The number of hydrogen-bond acceptors (Lipinski definition) is 4. The Bertz CT molecular complexity index is 601. The molecule has 0 spiro atoms. The molecule has 0 saturated heterocycles. The predicted molar refractivity (Wildman–Crippen MR) is 173 cm³/mol. The summed E-state index contributed by atoms with van der Waals surface area (Å²) in [6, 6.07) is 0. The van der Waals surface area contributed by atoms with Crippen LogP contribution in [0.15, 0.2) is 4.99 Å². The number of carbonyl (C=O) groups excluding carboxylic acids is 2. The molecule has 8 heteroatoms. The summed E-state index contributed by atoms with van der Waals surface area (Å²) in [6.45, 7) is 6.05. The highest BCUT2D eigenvalue weighted by atomic mass is 35.5. The molecule has 1 atom stereocenters. The number of halogens is 1. The van der Waals surface area contributed by atoms with Crippen molar-refractivity contribution in [3.05, 3.63) is 0 Å². The minimum atomic E-state index is -0.400. The molecule has 5 N–H and O–H groups in total. The summed E-state index contributed by atoms with van der Waals surface area (Å²) in [5.41, 5.74) is 10.8. The van der Waals surface area contributed by atoms with Crippen molar-refractivity contribution in [3.8, 4) is 0 Å². The number of nitrogens with one attached hydrogen (secondary N) is 1. The van der Waals surface area contributed by atoms with Crippen molar-refractivity contribution in [2.24, 2.45) is 22.4 Å². The van der Waals surface area contributed by atoms with Crippen LogP contribution in [0.5, 0.6) is 0 Å². The molecule has 0 aromatic rings. The van der Waals surface area contributed by atoms with Crippen LogP contribution >= 0.6 is 12.4 Å². The number of unbranched alkanes of at least 4 members (excludes halogenated alkanes) is 18. The standard InChI is InChI=1S/C32H64N4O3.ClH/c1-3-5-7-9-11-13-15-17-19-21-25-35-31(38)29(24-23-26-36-32(33)34)28-30(37)39-27-22-20-18-16-14-12-10-8-6-4-2;/h29H,3-28H2,1-2H3,(H,35,38)(H4,33,34,36);1H/t29-;/m1./s1. The van der Waals surface area contributed by atoms with Gasteiger partial charge < -0.3 is 21.5 Å². The molecular formula is C32H65ClN4O3. The van der Waals surface area contributed by atoms with Crippen LogP contribution in [0, 0.1) is 5.92 Å². The van der Waals surface area contributed by atoms with E-state index >= 15 is 0 Å². The fourth-order valence-corrected chi connectivity index (χ4v) is 4.88. The van der Waals surface area contributed by atoms with Crippen molar-refractivity contribution < 1.29 is 14.3 Å². The van der Waals surface area contributed by atoms with Gasteiger partial charge in [-0.3, -0.25) is 14.6 Å². The van der Waals surface area contributed by atoms with Crippen LogP contribution in [0.25, 0.3) is 0 Å². The lowest BCUT2D eigenvalue weighted by Crippen LogP contribution is -2.33. The number of rotatable bonds is 29. The van der Waals surface area contributed by atoms with E-state index in [1.165, 1.54) is 103 Å². The Kier molecular flexibility index (Phi) is 32.5. The highest BCUT2D eigenvalue weighted by Gasteiger charge is 2.22. The molecule has 0 rings (SSSR count). The van der Waals surface area contributed by atoms with Gasteiger partial charge in [-0.25, -0.2) is 0 Å². The Morgan fingerprint density at radius 3 is 1.60 bits per heavy atom. The van der Waals surface area contributed by atoms with Gasteiger partial charge in [0.05, 0.1) is 13.0 Å². The average molecular weight is 589 g/mol.